The molecule has 0 atom stereocenters. The Balaban J connectivity index is 0.00000137. The van der Waals surface area contributed by atoms with E-state index in [4.69, 9.17) is 5.73 Å². The molecule has 0 radical (unpaired) electrons. The maximum atomic E-state index is 5.47. The van der Waals surface area contributed by atoms with Gasteiger partial charge in [-0.2, -0.15) is 0 Å². The molecule has 18 heavy (non-hydrogen) atoms. The van der Waals surface area contributed by atoms with Crippen molar-refractivity contribution in [3.8, 4) is 0 Å². The Morgan fingerprint density at radius 3 is 2.11 bits per heavy atom. The molecule has 0 aliphatic carbocycles. The third kappa shape index (κ3) is 6.29. The molecule has 0 aromatic heterocycles. The molecule has 0 saturated carbocycles. The van der Waals surface area contributed by atoms with Gasteiger partial charge in [-0.1, -0.05) is 71.0 Å². The van der Waals surface area contributed by atoms with Gasteiger partial charge in [-0.3, -0.25) is 0 Å². The van der Waals surface area contributed by atoms with E-state index < -0.39 is 0 Å². The second-order valence-corrected chi connectivity index (χ2v) is 4.96. The van der Waals surface area contributed by atoms with Gasteiger partial charge >= 0.3 is 0 Å². The van der Waals surface area contributed by atoms with Crippen molar-refractivity contribution in [2.24, 2.45) is 11.1 Å². The topological polar surface area (TPSA) is 26.0 Å². The summed E-state index contributed by atoms with van der Waals surface area (Å²) in [4.78, 5) is 0. The third-order valence-electron chi connectivity index (χ3n) is 2.54. The van der Waals surface area contributed by atoms with Crippen molar-refractivity contribution >= 4 is 0 Å². The van der Waals surface area contributed by atoms with Crippen molar-refractivity contribution in [3.63, 3.8) is 0 Å². The van der Waals surface area contributed by atoms with Crippen LogP contribution in [-0.2, 0) is 6.42 Å². The molecule has 0 unspecified atom stereocenters. The van der Waals surface area contributed by atoms with Gasteiger partial charge in [-0.05, 0) is 35.2 Å². The quantitative estimate of drug-likeness (QED) is 0.767. The molecule has 2 N–H and O–H groups in total. The molecule has 0 amide bonds. The summed E-state index contributed by atoms with van der Waals surface area (Å²) < 4.78 is 0. The van der Waals surface area contributed by atoms with E-state index in [1.54, 1.807) is 6.20 Å². The molecule has 0 bridgehead atoms. The van der Waals surface area contributed by atoms with Crippen LogP contribution >= 0.6 is 0 Å². The number of benzene rings is 1. The van der Waals surface area contributed by atoms with Crippen LogP contribution in [0, 0.1) is 5.41 Å². The van der Waals surface area contributed by atoms with Crippen molar-refractivity contribution in [3.05, 3.63) is 59.8 Å². The highest BCUT2D eigenvalue weighted by atomic mass is 14.5. The Morgan fingerprint density at radius 1 is 1.11 bits per heavy atom. The Kier molecular flexibility index (Phi) is 7.86. The van der Waals surface area contributed by atoms with E-state index in [1.165, 1.54) is 11.1 Å². The average Bonchev–Trinajstić information content (AvgIpc) is 2.37. The van der Waals surface area contributed by atoms with Crippen LogP contribution in [0.2, 0.25) is 0 Å². The van der Waals surface area contributed by atoms with Crippen molar-refractivity contribution in [2.45, 2.75) is 41.0 Å². The molecular weight excluding hydrogens is 218 g/mol. The number of hydrogen-bond acceptors (Lipinski definition) is 1. The summed E-state index contributed by atoms with van der Waals surface area (Å²) in [7, 11) is 0. The van der Waals surface area contributed by atoms with E-state index in [-0.39, 0.29) is 5.41 Å². The normalized spacial score (nSPS) is 12.2. The van der Waals surface area contributed by atoms with E-state index in [2.05, 4.69) is 51.1 Å². The molecule has 0 aliphatic heterocycles. The fourth-order valence-corrected chi connectivity index (χ4v) is 1.57. The fraction of sp³-hybridized carbons (Fsp3) is 0.412. The lowest BCUT2D eigenvalue weighted by molar-refractivity contribution is 0.515. The second kappa shape index (κ2) is 8.57. The minimum Gasteiger partial charge on any atom is -0.405 e. The second-order valence-electron chi connectivity index (χ2n) is 4.96. The third-order valence-corrected chi connectivity index (χ3v) is 2.54. The van der Waals surface area contributed by atoms with Crippen LogP contribution in [0.1, 0.15) is 40.2 Å². The fourth-order valence-electron chi connectivity index (χ4n) is 1.57. The number of hydrogen-bond donors (Lipinski definition) is 1. The van der Waals surface area contributed by atoms with Gasteiger partial charge in [0.25, 0.3) is 0 Å². The van der Waals surface area contributed by atoms with Crippen LogP contribution < -0.4 is 5.73 Å². The predicted molar refractivity (Wildman–Crippen MR) is 82.4 cm³/mol. The SMILES string of the molecule is CC.CC(C)(C)C(/C=C\N)=C/Cc1ccccc1. The lowest BCUT2D eigenvalue weighted by atomic mass is 9.85. The van der Waals surface area contributed by atoms with Gasteiger partial charge in [0, 0.05) is 0 Å². The van der Waals surface area contributed by atoms with E-state index in [1.807, 2.05) is 26.0 Å². The molecule has 0 aliphatic rings. The first-order valence-electron chi connectivity index (χ1n) is 6.67. The smallest absolute Gasteiger partial charge is 0.00595 e. The first-order valence-corrected chi connectivity index (χ1v) is 6.67. The van der Waals surface area contributed by atoms with Crippen molar-refractivity contribution in [2.75, 3.05) is 0 Å². The van der Waals surface area contributed by atoms with Gasteiger partial charge < -0.3 is 5.73 Å². The summed E-state index contributed by atoms with van der Waals surface area (Å²) in [6.45, 7) is 10.6. The molecule has 1 aromatic carbocycles. The Bertz CT molecular complexity index is 366. The number of allylic oxidation sites excluding steroid dienone is 3. The average molecular weight is 245 g/mol. The van der Waals surface area contributed by atoms with Crippen LogP contribution in [0.5, 0.6) is 0 Å². The Morgan fingerprint density at radius 2 is 1.67 bits per heavy atom. The van der Waals surface area contributed by atoms with E-state index in [0.29, 0.717) is 0 Å². The Hall–Kier alpha value is -1.50. The van der Waals surface area contributed by atoms with E-state index in [9.17, 15) is 0 Å². The van der Waals surface area contributed by atoms with E-state index >= 15 is 0 Å². The molecule has 1 aromatic rings. The van der Waals surface area contributed by atoms with Crippen molar-refractivity contribution < 1.29 is 0 Å². The van der Waals surface area contributed by atoms with Crippen LogP contribution in [0.4, 0.5) is 0 Å². The highest BCUT2D eigenvalue weighted by Gasteiger charge is 2.13. The van der Waals surface area contributed by atoms with Crippen LogP contribution in [-0.4, -0.2) is 0 Å². The Labute approximate surface area is 112 Å². The summed E-state index contributed by atoms with van der Waals surface area (Å²) >= 11 is 0. The minimum absolute atomic E-state index is 0.144. The number of rotatable bonds is 3. The highest BCUT2D eigenvalue weighted by Crippen LogP contribution is 2.26. The lowest BCUT2D eigenvalue weighted by Crippen LogP contribution is -2.08. The molecule has 0 heterocycles. The van der Waals surface area contributed by atoms with Crippen LogP contribution in [0.25, 0.3) is 0 Å². The zero-order chi connectivity index (χ0) is 14.0. The lowest BCUT2D eigenvalue weighted by Gasteiger charge is -2.20. The van der Waals surface area contributed by atoms with Crippen LogP contribution in [0.3, 0.4) is 0 Å². The molecule has 0 fully saturated rings. The number of nitrogens with two attached hydrogens (primary N) is 1. The molecule has 0 saturated heterocycles. The molecule has 1 heteroatoms. The first-order chi connectivity index (χ1) is 8.54. The monoisotopic (exact) mass is 245 g/mol. The summed E-state index contributed by atoms with van der Waals surface area (Å²) in [5.41, 5.74) is 8.22. The molecule has 1 nitrogen and oxygen atoms in total. The molecule has 0 spiro atoms. The van der Waals surface area contributed by atoms with Gasteiger partial charge in [0.2, 0.25) is 0 Å². The maximum Gasteiger partial charge on any atom is -0.00595 e. The highest BCUT2D eigenvalue weighted by molar-refractivity contribution is 5.27. The van der Waals surface area contributed by atoms with Gasteiger partial charge in [-0.25, -0.2) is 0 Å². The minimum atomic E-state index is 0.144. The zero-order valence-electron chi connectivity index (χ0n) is 12.4. The molecular formula is C17H27N. The largest absolute Gasteiger partial charge is 0.405 e. The van der Waals surface area contributed by atoms with Gasteiger partial charge in [-0.15, -0.1) is 0 Å². The summed E-state index contributed by atoms with van der Waals surface area (Å²) in [5, 5.41) is 0. The van der Waals surface area contributed by atoms with Crippen molar-refractivity contribution in [1.29, 1.82) is 0 Å². The molecule has 1 rings (SSSR count). The van der Waals surface area contributed by atoms with Gasteiger partial charge in [0.05, 0.1) is 0 Å². The van der Waals surface area contributed by atoms with Gasteiger partial charge in [0.15, 0.2) is 0 Å². The predicted octanol–water partition coefficient (Wildman–Crippen LogP) is 4.70. The van der Waals surface area contributed by atoms with E-state index in [0.717, 1.165) is 6.42 Å². The van der Waals surface area contributed by atoms with Gasteiger partial charge in [0.1, 0.15) is 0 Å². The maximum absolute atomic E-state index is 5.47. The molecule has 100 valence electrons. The van der Waals surface area contributed by atoms with Crippen molar-refractivity contribution in [1.82, 2.24) is 0 Å². The summed E-state index contributed by atoms with van der Waals surface area (Å²) in [6.07, 6.45) is 6.81. The summed E-state index contributed by atoms with van der Waals surface area (Å²) in [5.74, 6) is 0. The first kappa shape index (κ1) is 16.5. The summed E-state index contributed by atoms with van der Waals surface area (Å²) in [6, 6.07) is 10.5. The van der Waals surface area contributed by atoms with Crippen LogP contribution in [0.15, 0.2) is 54.3 Å². The standard InChI is InChI=1S/C15H21N.C2H6/c1-15(2,3)14(11-12-16)10-9-13-7-5-4-6-8-13;1-2/h4-8,10-12H,9,16H2,1-3H3;1-2H3/b12-11-,14-10+;. The zero-order valence-corrected chi connectivity index (χ0v) is 12.4.